The number of anilines is 1. The van der Waals surface area contributed by atoms with Crippen LogP contribution in [0.3, 0.4) is 0 Å². The molecule has 1 aromatic rings. The quantitative estimate of drug-likeness (QED) is 0.729. The minimum absolute atomic E-state index is 0.0153. The standard InChI is InChI=1S/C14H16FNO/c15-12-7-9-13(10-8-12)16-11-5-3-1-2-4-6-14(16)17/h4,6-10H,1-3,5,11H2/b6-4-. The SMILES string of the molecule is O=C1/C=C\CCCCCN1c1ccc(F)cc1. The first kappa shape index (κ1) is 11.8. The number of amides is 1. The summed E-state index contributed by atoms with van der Waals surface area (Å²) in [4.78, 5) is 13.7. The van der Waals surface area contributed by atoms with Crippen LogP contribution in [0.4, 0.5) is 10.1 Å². The third-order valence-corrected chi connectivity index (χ3v) is 2.92. The van der Waals surface area contributed by atoms with E-state index in [0.717, 1.165) is 31.4 Å². The Balaban J connectivity index is 2.20. The highest BCUT2D eigenvalue weighted by atomic mass is 19.1. The maximum Gasteiger partial charge on any atom is 0.250 e. The van der Waals surface area contributed by atoms with E-state index in [9.17, 15) is 9.18 Å². The van der Waals surface area contributed by atoms with Crippen LogP contribution >= 0.6 is 0 Å². The molecule has 0 saturated carbocycles. The minimum Gasteiger partial charge on any atom is -0.309 e. The van der Waals surface area contributed by atoms with Crippen molar-refractivity contribution < 1.29 is 9.18 Å². The number of carbonyl (C=O) groups is 1. The third-order valence-electron chi connectivity index (χ3n) is 2.92. The summed E-state index contributed by atoms with van der Waals surface area (Å²) in [6, 6.07) is 6.08. The van der Waals surface area contributed by atoms with Crippen LogP contribution in [0.2, 0.25) is 0 Å². The van der Waals surface area contributed by atoms with E-state index >= 15 is 0 Å². The topological polar surface area (TPSA) is 20.3 Å². The van der Waals surface area contributed by atoms with Crippen molar-refractivity contribution in [3.05, 3.63) is 42.2 Å². The Labute approximate surface area is 101 Å². The number of hydrogen-bond acceptors (Lipinski definition) is 1. The minimum atomic E-state index is -0.277. The summed E-state index contributed by atoms with van der Waals surface area (Å²) >= 11 is 0. The van der Waals surface area contributed by atoms with Gasteiger partial charge in [-0.2, -0.15) is 0 Å². The van der Waals surface area contributed by atoms with Gasteiger partial charge in [0.15, 0.2) is 0 Å². The predicted molar refractivity (Wildman–Crippen MR) is 66.4 cm³/mol. The molecule has 0 fully saturated rings. The van der Waals surface area contributed by atoms with Crippen molar-refractivity contribution in [2.75, 3.05) is 11.4 Å². The maximum atomic E-state index is 12.8. The zero-order valence-electron chi connectivity index (χ0n) is 9.73. The molecule has 1 aliphatic rings. The Morgan fingerprint density at radius 1 is 1.06 bits per heavy atom. The molecule has 0 spiro atoms. The molecule has 0 atom stereocenters. The number of carbonyl (C=O) groups excluding carboxylic acids is 1. The first-order valence-corrected chi connectivity index (χ1v) is 6.01. The van der Waals surface area contributed by atoms with Gasteiger partial charge in [-0.1, -0.05) is 12.5 Å². The molecule has 17 heavy (non-hydrogen) atoms. The van der Waals surface area contributed by atoms with Crippen LogP contribution in [-0.4, -0.2) is 12.5 Å². The molecule has 1 aromatic carbocycles. The van der Waals surface area contributed by atoms with E-state index in [0.29, 0.717) is 6.54 Å². The highest BCUT2D eigenvalue weighted by Crippen LogP contribution is 2.18. The van der Waals surface area contributed by atoms with E-state index in [1.54, 1.807) is 23.1 Å². The lowest BCUT2D eigenvalue weighted by atomic mass is 10.2. The molecule has 2 nitrogen and oxygen atoms in total. The van der Waals surface area contributed by atoms with E-state index in [2.05, 4.69) is 0 Å². The van der Waals surface area contributed by atoms with Crippen LogP contribution in [-0.2, 0) is 4.79 Å². The number of nitrogens with zero attached hydrogens (tertiary/aromatic N) is 1. The van der Waals surface area contributed by atoms with E-state index in [4.69, 9.17) is 0 Å². The predicted octanol–water partition coefficient (Wildman–Crippen LogP) is 3.29. The highest BCUT2D eigenvalue weighted by molar-refractivity contribution is 6.01. The number of halogens is 1. The summed E-state index contributed by atoms with van der Waals surface area (Å²) < 4.78 is 12.8. The Morgan fingerprint density at radius 3 is 2.59 bits per heavy atom. The van der Waals surface area contributed by atoms with Gasteiger partial charge in [0.1, 0.15) is 5.82 Å². The molecule has 1 heterocycles. The molecule has 0 unspecified atom stereocenters. The fraction of sp³-hybridized carbons (Fsp3) is 0.357. The van der Waals surface area contributed by atoms with Gasteiger partial charge in [0.05, 0.1) is 0 Å². The van der Waals surface area contributed by atoms with E-state index in [1.807, 2.05) is 6.08 Å². The smallest absolute Gasteiger partial charge is 0.250 e. The molecular weight excluding hydrogens is 217 g/mol. The highest BCUT2D eigenvalue weighted by Gasteiger charge is 2.13. The number of allylic oxidation sites excluding steroid dienone is 1. The Hall–Kier alpha value is -1.64. The van der Waals surface area contributed by atoms with E-state index in [1.165, 1.54) is 12.1 Å². The first-order valence-electron chi connectivity index (χ1n) is 6.01. The number of rotatable bonds is 1. The van der Waals surface area contributed by atoms with Crippen LogP contribution in [0.5, 0.6) is 0 Å². The summed E-state index contributed by atoms with van der Waals surface area (Å²) in [6.07, 6.45) is 7.74. The molecule has 0 N–H and O–H groups in total. The van der Waals surface area contributed by atoms with E-state index in [-0.39, 0.29) is 11.7 Å². The second kappa shape index (κ2) is 5.62. The zero-order valence-corrected chi connectivity index (χ0v) is 9.73. The molecule has 0 bridgehead atoms. The van der Waals surface area contributed by atoms with Crippen molar-refractivity contribution in [2.24, 2.45) is 0 Å². The summed E-state index contributed by atoms with van der Waals surface area (Å²) in [7, 11) is 0. The molecule has 0 aliphatic carbocycles. The van der Waals surface area contributed by atoms with Gasteiger partial charge >= 0.3 is 0 Å². The van der Waals surface area contributed by atoms with Crippen molar-refractivity contribution in [3.63, 3.8) is 0 Å². The van der Waals surface area contributed by atoms with E-state index < -0.39 is 0 Å². The summed E-state index contributed by atoms with van der Waals surface area (Å²) in [5, 5.41) is 0. The van der Waals surface area contributed by atoms with Crippen LogP contribution < -0.4 is 4.90 Å². The van der Waals surface area contributed by atoms with Gasteiger partial charge in [-0.05, 0) is 49.6 Å². The Morgan fingerprint density at radius 2 is 1.82 bits per heavy atom. The molecule has 0 aromatic heterocycles. The van der Waals surface area contributed by atoms with Crippen LogP contribution in [0.15, 0.2) is 36.4 Å². The monoisotopic (exact) mass is 233 g/mol. The molecule has 90 valence electrons. The lowest BCUT2D eigenvalue weighted by Crippen LogP contribution is -2.30. The average Bonchev–Trinajstić information content (AvgIpc) is 2.43. The summed E-state index contributed by atoms with van der Waals surface area (Å²) in [5.41, 5.74) is 0.767. The molecule has 2 rings (SSSR count). The largest absolute Gasteiger partial charge is 0.309 e. The Bertz CT molecular complexity index is 411. The molecule has 0 saturated heterocycles. The van der Waals surface area contributed by atoms with Crippen molar-refractivity contribution in [2.45, 2.75) is 25.7 Å². The van der Waals surface area contributed by atoms with Gasteiger partial charge in [-0.25, -0.2) is 4.39 Å². The van der Waals surface area contributed by atoms with Gasteiger partial charge in [-0.15, -0.1) is 0 Å². The molecule has 0 radical (unpaired) electrons. The lowest BCUT2D eigenvalue weighted by molar-refractivity contribution is -0.114. The fourth-order valence-electron chi connectivity index (χ4n) is 1.97. The van der Waals surface area contributed by atoms with Gasteiger partial charge in [0.2, 0.25) is 0 Å². The lowest BCUT2D eigenvalue weighted by Gasteiger charge is -2.20. The number of hydrogen-bond donors (Lipinski definition) is 0. The first-order chi connectivity index (χ1) is 8.27. The van der Waals surface area contributed by atoms with Crippen LogP contribution in [0.25, 0.3) is 0 Å². The van der Waals surface area contributed by atoms with Crippen LogP contribution in [0.1, 0.15) is 25.7 Å². The van der Waals surface area contributed by atoms with Gasteiger partial charge < -0.3 is 4.90 Å². The van der Waals surface area contributed by atoms with Gasteiger partial charge in [-0.3, -0.25) is 4.79 Å². The summed E-state index contributed by atoms with van der Waals surface area (Å²) in [6.45, 7) is 0.703. The number of benzene rings is 1. The second-order valence-corrected chi connectivity index (χ2v) is 4.22. The fourth-order valence-corrected chi connectivity index (χ4v) is 1.97. The summed E-state index contributed by atoms with van der Waals surface area (Å²) in [5.74, 6) is -0.292. The van der Waals surface area contributed by atoms with Crippen molar-refractivity contribution in [1.82, 2.24) is 0 Å². The zero-order chi connectivity index (χ0) is 12.1. The second-order valence-electron chi connectivity index (χ2n) is 4.22. The normalized spacial score (nSPS) is 19.4. The molecule has 1 aliphatic heterocycles. The molecule has 3 heteroatoms. The van der Waals surface area contributed by atoms with Crippen molar-refractivity contribution in [1.29, 1.82) is 0 Å². The van der Waals surface area contributed by atoms with Crippen molar-refractivity contribution in [3.8, 4) is 0 Å². The third kappa shape index (κ3) is 3.16. The van der Waals surface area contributed by atoms with Gasteiger partial charge in [0.25, 0.3) is 5.91 Å². The average molecular weight is 233 g/mol. The Kier molecular flexibility index (Phi) is 3.91. The van der Waals surface area contributed by atoms with Gasteiger partial charge in [0, 0.05) is 12.2 Å². The van der Waals surface area contributed by atoms with Crippen LogP contribution in [0, 0.1) is 5.82 Å². The molecule has 1 amide bonds. The molecular formula is C14H16FNO. The van der Waals surface area contributed by atoms with Crippen molar-refractivity contribution >= 4 is 11.6 Å². The maximum absolute atomic E-state index is 12.8.